The second-order valence-corrected chi connectivity index (χ2v) is 11.0. The summed E-state index contributed by atoms with van der Waals surface area (Å²) in [5.74, 6) is -1.25. The van der Waals surface area contributed by atoms with Crippen LogP contribution in [0.5, 0.6) is 5.75 Å². The Labute approximate surface area is 231 Å². The second kappa shape index (κ2) is 10.2. The number of aromatic nitrogens is 5. The molecule has 0 unspecified atom stereocenters. The molecule has 0 atom stereocenters. The first-order chi connectivity index (χ1) is 19.3. The van der Waals surface area contributed by atoms with Crippen molar-refractivity contribution in [1.29, 1.82) is 0 Å². The van der Waals surface area contributed by atoms with Gasteiger partial charge in [0.1, 0.15) is 11.6 Å². The number of hydrogen-bond donors (Lipinski definition) is 1. The van der Waals surface area contributed by atoms with Gasteiger partial charge in [0.2, 0.25) is 0 Å². The van der Waals surface area contributed by atoms with E-state index in [1.165, 1.54) is 41.3 Å². The minimum Gasteiger partial charge on any atom is -0.476 e. The molecule has 0 aliphatic carbocycles. The first-order valence-electron chi connectivity index (χ1n) is 11.8. The van der Waals surface area contributed by atoms with Crippen LogP contribution in [0.2, 0.25) is 0 Å². The highest BCUT2D eigenvalue weighted by atomic mass is 32.2. The molecule has 2 heterocycles. The van der Waals surface area contributed by atoms with Crippen molar-refractivity contribution >= 4 is 15.8 Å². The van der Waals surface area contributed by atoms with Crippen molar-refractivity contribution < 1.29 is 36.2 Å². The predicted octanol–water partition coefficient (Wildman–Crippen LogP) is 5.10. The first kappa shape index (κ1) is 27.6. The van der Waals surface area contributed by atoms with Crippen molar-refractivity contribution in [3.63, 3.8) is 0 Å². The highest BCUT2D eigenvalue weighted by molar-refractivity contribution is 7.90. The average molecular weight is 584 g/mol. The zero-order valence-electron chi connectivity index (χ0n) is 21.4. The summed E-state index contributed by atoms with van der Waals surface area (Å²) in [7, 11) is -3.48. The molecule has 0 bridgehead atoms. The highest BCUT2D eigenvalue weighted by Crippen LogP contribution is 2.33. The van der Waals surface area contributed by atoms with Crippen LogP contribution < -0.4 is 4.74 Å². The Hall–Kier alpha value is -4.98. The summed E-state index contributed by atoms with van der Waals surface area (Å²) in [4.78, 5) is 15.8. The van der Waals surface area contributed by atoms with Gasteiger partial charge in [-0.15, -0.1) is 18.3 Å². The van der Waals surface area contributed by atoms with E-state index in [0.29, 0.717) is 39.6 Å². The molecule has 41 heavy (non-hydrogen) atoms. The SMILES string of the molecule is Cc1nc(C(=O)O)cn1-c1ccc(-c2cccc(S(C)(=O)=O)c2)cc1-n1nncc1-c1ccc(OC(F)(F)F)cc1. The smallest absolute Gasteiger partial charge is 0.476 e. The maximum absolute atomic E-state index is 12.6. The third kappa shape index (κ3) is 5.82. The number of aromatic carboxylic acids is 1. The van der Waals surface area contributed by atoms with Gasteiger partial charge in [0.25, 0.3) is 0 Å². The molecule has 5 aromatic rings. The molecule has 3 aromatic carbocycles. The summed E-state index contributed by atoms with van der Waals surface area (Å²) in [6.45, 7) is 1.63. The third-order valence-corrected chi connectivity index (χ3v) is 7.20. The van der Waals surface area contributed by atoms with E-state index in [4.69, 9.17) is 0 Å². The molecule has 5 rings (SSSR count). The number of hydrogen-bond acceptors (Lipinski definition) is 7. The molecular weight excluding hydrogens is 563 g/mol. The van der Waals surface area contributed by atoms with Crippen LogP contribution in [0.25, 0.3) is 33.8 Å². The summed E-state index contributed by atoms with van der Waals surface area (Å²) in [5, 5.41) is 17.7. The lowest BCUT2D eigenvalue weighted by Gasteiger charge is -2.16. The van der Waals surface area contributed by atoms with E-state index in [2.05, 4.69) is 20.0 Å². The van der Waals surface area contributed by atoms with Crippen molar-refractivity contribution in [2.24, 2.45) is 0 Å². The molecule has 0 saturated carbocycles. The van der Waals surface area contributed by atoms with Crippen LogP contribution >= 0.6 is 0 Å². The molecule has 0 aliphatic rings. The maximum Gasteiger partial charge on any atom is 0.573 e. The average Bonchev–Trinajstić information content (AvgIpc) is 3.55. The van der Waals surface area contributed by atoms with Crippen LogP contribution in [0.15, 0.2) is 84.0 Å². The zero-order chi connectivity index (χ0) is 29.5. The van der Waals surface area contributed by atoms with Gasteiger partial charge in [-0.2, -0.15) is 0 Å². The van der Waals surface area contributed by atoms with Gasteiger partial charge in [-0.25, -0.2) is 22.9 Å². The summed E-state index contributed by atoms with van der Waals surface area (Å²) in [6.07, 6.45) is -0.967. The highest BCUT2D eigenvalue weighted by Gasteiger charge is 2.31. The Kier molecular flexibility index (Phi) is 6.87. The largest absolute Gasteiger partial charge is 0.573 e. The van der Waals surface area contributed by atoms with Gasteiger partial charge in [-0.1, -0.05) is 23.4 Å². The summed E-state index contributed by atoms with van der Waals surface area (Å²) >= 11 is 0. The lowest BCUT2D eigenvalue weighted by Crippen LogP contribution is -2.16. The molecule has 10 nitrogen and oxygen atoms in total. The number of sulfone groups is 1. The number of nitrogens with zero attached hydrogens (tertiary/aromatic N) is 5. The number of halogens is 3. The number of carboxylic acids is 1. The minimum atomic E-state index is -4.84. The Morgan fingerprint density at radius 1 is 0.951 bits per heavy atom. The van der Waals surface area contributed by atoms with Crippen molar-refractivity contribution in [3.05, 3.63) is 90.6 Å². The molecule has 14 heteroatoms. The number of carboxylic acid groups (broad SMARTS) is 1. The van der Waals surface area contributed by atoms with E-state index in [1.54, 1.807) is 41.8 Å². The predicted molar refractivity (Wildman–Crippen MR) is 141 cm³/mol. The van der Waals surface area contributed by atoms with E-state index >= 15 is 0 Å². The van der Waals surface area contributed by atoms with Crippen LogP contribution in [0.3, 0.4) is 0 Å². The standard InChI is InChI=1S/C27H20F3N5O5S/c1-16-32-22(26(36)37)15-34(16)23-11-8-19(18-4-3-5-21(12-18)41(2,38)39)13-24(23)35-25(14-31-33-35)17-6-9-20(10-7-17)40-27(28,29)30/h3-15H,1-2H3,(H,36,37). The molecule has 0 radical (unpaired) electrons. The molecule has 0 spiro atoms. The second-order valence-electron chi connectivity index (χ2n) is 8.96. The van der Waals surface area contributed by atoms with Crippen molar-refractivity contribution in [2.45, 2.75) is 18.2 Å². The molecule has 0 aliphatic heterocycles. The number of imidazole rings is 1. The number of ether oxygens (including phenoxy) is 1. The number of carbonyl (C=O) groups is 1. The normalized spacial score (nSPS) is 11.9. The molecule has 1 N–H and O–H groups in total. The van der Waals surface area contributed by atoms with Crippen molar-refractivity contribution in [2.75, 3.05) is 6.26 Å². The Morgan fingerprint density at radius 3 is 2.27 bits per heavy atom. The first-order valence-corrected chi connectivity index (χ1v) is 13.7. The van der Waals surface area contributed by atoms with E-state index in [-0.39, 0.29) is 10.6 Å². The number of benzene rings is 3. The molecule has 2 aromatic heterocycles. The van der Waals surface area contributed by atoms with Crippen LogP contribution in [0, 0.1) is 6.92 Å². The lowest BCUT2D eigenvalue weighted by atomic mass is 10.0. The van der Waals surface area contributed by atoms with Gasteiger partial charge in [0, 0.05) is 18.0 Å². The maximum atomic E-state index is 12.6. The zero-order valence-corrected chi connectivity index (χ0v) is 22.2. The molecule has 0 amide bonds. The molecular formula is C27H20F3N5O5S. The fourth-order valence-corrected chi connectivity index (χ4v) is 4.91. The van der Waals surface area contributed by atoms with E-state index < -0.39 is 27.9 Å². The van der Waals surface area contributed by atoms with Crippen LogP contribution in [0.1, 0.15) is 16.3 Å². The van der Waals surface area contributed by atoms with Crippen molar-refractivity contribution in [3.8, 4) is 39.5 Å². The van der Waals surface area contributed by atoms with E-state index in [1.807, 2.05) is 0 Å². The molecule has 210 valence electrons. The fourth-order valence-electron chi connectivity index (χ4n) is 4.24. The molecule has 0 saturated heterocycles. The molecule has 0 fully saturated rings. The lowest BCUT2D eigenvalue weighted by molar-refractivity contribution is -0.274. The third-order valence-electron chi connectivity index (χ3n) is 6.09. The van der Waals surface area contributed by atoms with Crippen molar-refractivity contribution in [1.82, 2.24) is 24.5 Å². The van der Waals surface area contributed by atoms with Gasteiger partial charge in [0.05, 0.1) is 28.2 Å². The summed E-state index contributed by atoms with van der Waals surface area (Å²) in [5.41, 5.74) is 2.77. The summed E-state index contributed by atoms with van der Waals surface area (Å²) in [6, 6.07) is 16.7. The van der Waals surface area contributed by atoms with Gasteiger partial charge >= 0.3 is 12.3 Å². The summed E-state index contributed by atoms with van der Waals surface area (Å²) < 4.78 is 69.2. The minimum absolute atomic E-state index is 0.125. The van der Waals surface area contributed by atoms with Crippen LogP contribution in [-0.4, -0.2) is 56.7 Å². The monoisotopic (exact) mass is 583 g/mol. The van der Waals surface area contributed by atoms with Crippen LogP contribution in [0.4, 0.5) is 13.2 Å². The quantitative estimate of drug-likeness (QED) is 0.280. The van der Waals surface area contributed by atoms with Crippen LogP contribution in [-0.2, 0) is 9.84 Å². The number of aryl methyl sites for hydroxylation is 1. The topological polar surface area (TPSA) is 129 Å². The van der Waals surface area contributed by atoms with E-state index in [0.717, 1.165) is 18.4 Å². The van der Waals surface area contributed by atoms with E-state index in [9.17, 15) is 31.5 Å². The Morgan fingerprint density at radius 2 is 1.63 bits per heavy atom. The van der Waals surface area contributed by atoms with Gasteiger partial charge in [-0.3, -0.25) is 0 Å². The van der Waals surface area contributed by atoms with Gasteiger partial charge in [0.15, 0.2) is 15.5 Å². The van der Waals surface area contributed by atoms with Gasteiger partial charge < -0.3 is 14.4 Å². The van der Waals surface area contributed by atoms with Gasteiger partial charge in [-0.05, 0) is 66.6 Å². The Balaban J connectivity index is 1.68. The Bertz CT molecular complexity index is 1880. The number of rotatable bonds is 7. The number of alkyl halides is 3. The fraction of sp³-hybridized carbons (Fsp3) is 0.111.